The summed E-state index contributed by atoms with van der Waals surface area (Å²) in [7, 11) is 0. The van der Waals surface area contributed by atoms with Gasteiger partial charge in [-0.25, -0.2) is 9.97 Å². The summed E-state index contributed by atoms with van der Waals surface area (Å²) in [6.45, 7) is 4.00. The van der Waals surface area contributed by atoms with Gasteiger partial charge < -0.3 is 20.4 Å². The molecule has 0 spiro atoms. The summed E-state index contributed by atoms with van der Waals surface area (Å²) < 4.78 is 0. The summed E-state index contributed by atoms with van der Waals surface area (Å²) in [6, 6.07) is 48.9. The zero-order valence-electron chi connectivity index (χ0n) is 26.0. The van der Waals surface area contributed by atoms with Crippen LogP contribution in [0.4, 0.5) is 34.1 Å². The van der Waals surface area contributed by atoms with Gasteiger partial charge in [0.25, 0.3) is 0 Å². The molecule has 0 N–H and O–H groups in total. The zero-order chi connectivity index (χ0) is 31.3. The first-order valence-corrected chi connectivity index (χ1v) is 15.5. The third kappa shape index (κ3) is 6.46. The molecule has 4 heterocycles. The summed E-state index contributed by atoms with van der Waals surface area (Å²) in [5.74, 6) is 1.63. The number of benzene rings is 4. The molecule has 4 aromatic carbocycles. The zero-order valence-corrected chi connectivity index (χ0v) is 28.3. The monoisotopic (exact) mass is 791 g/mol. The van der Waals surface area contributed by atoms with Gasteiger partial charge in [0.1, 0.15) is 0 Å². The molecule has 7 heteroatoms. The topological polar surface area (TPSA) is 60.5 Å². The first-order chi connectivity index (χ1) is 22.8. The third-order valence-electron chi connectivity index (χ3n) is 7.56. The molecule has 2 aliphatic rings. The molecular weight excluding hydrogens is 760 g/mol. The van der Waals surface area contributed by atoms with Crippen molar-refractivity contribution in [3.63, 3.8) is 0 Å². The Morgan fingerprint density at radius 3 is 1.26 bits per heavy atom. The Hall–Kier alpha value is -5.45. The molecule has 0 fully saturated rings. The second kappa shape index (κ2) is 14.3. The summed E-state index contributed by atoms with van der Waals surface area (Å²) in [5.41, 5.74) is 9.25. The molecule has 2 aliphatic heterocycles. The van der Waals surface area contributed by atoms with Gasteiger partial charge >= 0.3 is 21.1 Å². The predicted molar refractivity (Wildman–Crippen MR) is 191 cm³/mol. The molecule has 2 aromatic heterocycles. The molecule has 47 heavy (non-hydrogen) atoms. The second-order valence-electron chi connectivity index (χ2n) is 10.4. The summed E-state index contributed by atoms with van der Waals surface area (Å²) >= 11 is 0. The van der Waals surface area contributed by atoms with Crippen molar-refractivity contribution in [1.82, 2.24) is 9.97 Å². The molecule has 0 bridgehead atoms. The van der Waals surface area contributed by atoms with E-state index in [-0.39, 0.29) is 21.1 Å². The minimum Gasteiger partial charge on any atom is -0.436 e. The summed E-state index contributed by atoms with van der Waals surface area (Å²) in [6.07, 6.45) is 4.05. The van der Waals surface area contributed by atoms with E-state index in [2.05, 4.69) is 46.2 Å². The largest absolute Gasteiger partial charge is 2.00 e. The van der Waals surface area contributed by atoms with E-state index in [0.717, 1.165) is 68.5 Å². The second-order valence-corrected chi connectivity index (χ2v) is 10.4. The van der Waals surface area contributed by atoms with Crippen molar-refractivity contribution in [3.05, 3.63) is 179 Å². The van der Waals surface area contributed by atoms with E-state index in [1.54, 1.807) is 0 Å². The third-order valence-corrected chi connectivity index (χ3v) is 7.56. The van der Waals surface area contributed by atoms with Crippen molar-refractivity contribution in [2.75, 3.05) is 9.80 Å². The van der Waals surface area contributed by atoms with E-state index in [1.165, 1.54) is 0 Å². The van der Waals surface area contributed by atoms with E-state index < -0.39 is 0 Å². The van der Waals surface area contributed by atoms with Gasteiger partial charge in [-0.05, 0) is 70.5 Å². The maximum atomic E-state index is 4.99. The number of aromatic nitrogens is 2. The van der Waals surface area contributed by atoms with Crippen LogP contribution in [0, 0.1) is 0 Å². The Bertz CT molecular complexity index is 1890. The smallest absolute Gasteiger partial charge is 0.436 e. The maximum Gasteiger partial charge on any atom is 2.00 e. The molecule has 0 unspecified atom stereocenters. The van der Waals surface area contributed by atoms with Crippen LogP contribution < -0.4 is 9.80 Å². The van der Waals surface area contributed by atoms with Crippen LogP contribution in [0.15, 0.2) is 157 Å². The van der Waals surface area contributed by atoms with Gasteiger partial charge in [0.15, 0.2) is 0 Å². The average molecular weight is 792 g/mol. The van der Waals surface area contributed by atoms with Crippen molar-refractivity contribution < 1.29 is 21.1 Å². The Labute approximate surface area is 290 Å². The van der Waals surface area contributed by atoms with Crippen LogP contribution >= 0.6 is 0 Å². The number of nitrogens with zero attached hydrogens (tertiary/aromatic N) is 6. The maximum absolute atomic E-state index is 4.99. The Kier molecular flexibility index (Phi) is 9.61. The number of para-hydroxylation sites is 6. The molecule has 6 nitrogen and oxygen atoms in total. The predicted octanol–water partition coefficient (Wildman–Crippen LogP) is 11.5. The first kappa shape index (κ1) is 31.5. The SMILES string of the molecule is C(=C1/[N-]c2ccccc2N1c1ccccc1)/c1cccc(-c2cccc(/C=C3\[N-]c4ccccc4N3c3ccccc3)n2)n1.CC.[Pt+2]. The first-order valence-electron chi connectivity index (χ1n) is 15.5. The molecule has 0 atom stereocenters. The molecule has 0 amide bonds. The van der Waals surface area contributed by atoms with Crippen LogP contribution in [0.5, 0.6) is 0 Å². The van der Waals surface area contributed by atoms with Crippen molar-refractivity contribution in [2.24, 2.45) is 0 Å². The van der Waals surface area contributed by atoms with Gasteiger partial charge in [-0.3, -0.25) is 0 Å². The average Bonchev–Trinajstić information content (AvgIpc) is 3.67. The van der Waals surface area contributed by atoms with Crippen LogP contribution in [0.25, 0.3) is 34.2 Å². The van der Waals surface area contributed by atoms with Crippen molar-refractivity contribution in [3.8, 4) is 11.4 Å². The molecule has 0 saturated carbocycles. The number of hydrogen-bond donors (Lipinski definition) is 0. The number of anilines is 4. The van der Waals surface area contributed by atoms with Gasteiger partial charge in [0.2, 0.25) is 0 Å². The fraction of sp³-hybridized carbons (Fsp3) is 0.0500. The van der Waals surface area contributed by atoms with Crippen molar-refractivity contribution in [1.29, 1.82) is 0 Å². The number of pyridine rings is 2. The number of rotatable bonds is 5. The Morgan fingerprint density at radius 1 is 0.447 bits per heavy atom. The molecule has 0 aliphatic carbocycles. The molecule has 232 valence electrons. The minimum absolute atomic E-state index is 0. The van der Waals surface area contributed by atoms with Gasteiger partial charge in [0.05, 0.1) is 22.8 Å². The Balaban J connectivity index is 0.00000126. The fourth-order valence-electron chi connectivity index (χ4n) is 5.59. The van der Waals surface area contributed by atoms with Crippen molar-refractivity contribution in [2.45, 2.75) is 13.8 Å². The fourth-order valence-corrected chi connectivity index (χ4v) is 5.59. The van der Waals surface area contributed by atoms with Gasteiger partial charge in [-0.1, -0.05) is 147 Å². The van der Waals surface area contributed by atoms with E-state index in [9.17, 15) is 0 Å². The standard InChI is InChI=1S/C38H26N6.C2H6.Pt/c1-3-15-29(16-4-1)43-35-23-9-7-19-33(35)41-37(43)25-27-13-11-21-31(39-27)32-22-12-14-28(40-32)26-38-42-34-20-8-10-24-36(34)44(38)30-17-5-2-6-18-30;1-2;/h1-26H;1-2H3;/q-2;;+2/b37-25+,38-26+;;. The van der Waals surface area contributed by atoms with Gasteiger partial charge in [0, 0.05) is 0 Å². The van der Waals surface area contributed by atoms with E-state index in [4.69, 9.17) is 20.6 Å². The number of fused-ring (bicyclic) bond motifs is 2. The van der Waals surface area contributed by atoms with E-state index >= 15 is 0 Å². The molecule has 0 radical (unpaired) electrons. The van der Waals surface area contributed by atoms with E-state index in [1.807, 2.05) is 135 Å². The van der Waals surface area contributed by atoms with Gasteiger partial charge in [-0.15, -0.1) is 0 Å². The van der Waals surface area contributed by atoms with Crippen LogP contribution in [-0.4, -0.2) is 9.97 Å². The van der Waals surface area contributed by atoms with Crippen LogP contribution in [0.1, 0.15) is 25.2 Å². The summed E-state index contributed by atoms with van der Waals surface area (Å²) in [4.78, 5) is 14.3. The minimum atomic E-state index is 0. The molecule has 6 aromatic rings. The van der Waals surface area contributed by atoms with Gasteiger partial charge in [-0.2, -0.15) is 0 Å². The van der Waals surface area contributed by atoms with Crippen molar-refractivity contribution >= 4 is 46.3 Å². The van der Waals surface area contributed by atoms with Crippen LogP contribution in [0.3, 0.4) is 0 Å². The number of hydrogen-bond acceptors (Lipinski definition) is 4. The summed E-state index contributed by atoms with van der Waals surface area (Å²) in [5, 5.41) is 9.87. The van der Waals surface area contributed by atoms with Crippen LogP contribution in [0.2, 0.25) is 0 Å². The normalized spacial score (nSPS) is 14.3. The molecular formula is C40H32N6Pt. The quantitative estimate of drug-likeness (QED) is 0.174. The molecule has 8 rings (SSSR count). The molecule has 0 saturated heterocycles. The van der Waals surface area contributed by atoms with Crippen LogP contribution in [-0.2, 0) is 21.1 Å². The van der Waals surface area contributed by atoms with E-state index in [0.29, 0.717) is 0 Å². The Morgan fingerprint density at radius 2 is 0.830 bits per heavy atom.